The second kappa shape index (κ2) is 9.79. The average Bonchev–Trinajstić information content (AvgIpc) is 2.37. The van der Waals surface area contributed by atoms with Gasteiger partial charge in [0.25, 0.3) is 0 Å². The number of methoxy groups -OCH3 is 3. The monoisotopic (exact) mass is 248 g/mol. The highest BCUT2D eigenvalue weighted by Gasteiger charge is 2.33. The van der Waals surface area contributed by atoms with Gasteiger partial charge in [0.05, 0.1) is 25.4 Å². The lowest BCUT2D eigenvalue weighted by atomic mass is 9.94. The summed E-state index contributed by atoms with van der Waals surface area (Å²) in [5.74, 6) is 0. The van der Waals surface area contributed by atoms with Crippen LogP contribution in [0.15, 0.2) is 0 Å². The van der Waals surface area contributed by atoms with E-state index >= 15 is 0 Å². The van der Waals surface area contributed by atoms with Gasteiger partial charge in [-0.05, 0) is 6.42 Å². The molecule has 0 rings (SSSR count). The highest BCUT2D eigenvalue weighted by molar-refractivity contribution is 4.90. The van der Waals surface area contributed by atoms with Crippen molar-refractivity contribution in [2.75, 3.05) is 60.8 Å². The summed E-state index contributed by atoms with van der Waals surface area (Å²) in [6.07, 6.45) is 0.949. The minimum absolute atomic E-state index is 0.119. The maximum absolute atomic E-state index is 5.95. The Labute approximate surface area is 105 Å². The Balaban J connectivity index is 4.64. The molecule has 0 saturated heterocycles. The molecule has 0 saturated carbocycles. The number of nitrogens with two attached hydrogens (primary N) is 1. The van der Waals surface area contributed by atoms with Gasteiger partial charge in [-0.15, -0.1) is 0 Å². The van der Waals surface area contributed by atoms with Gasteiger partial charge >= 0.3 is 0 Å². The van der Waals surface area contributed by atoms with Crippen molar-refractivity contribution in [2.24, 2.45) is 5.73 Å². The third-order valence-electron chi connectivity index (χ3n) is 3.25. The largest absolute Gasteiger partial charge is 0.383 e. The van der Waals surface area contributed by atoms with Crippen LogP contribution in [0, 0.1) is 0 Å². The summed E-state index contributed by atoms with van der Waals surface area (Å²) in [5, 5.41) is 0. The van der Waals surface area contributed by atoms with Crippen molar-refractivity contribution in [3.63, 3.8) is 0 Å². The molecule has 0 fully saturated rings. The summed E-state index contributed by atoms with van der Waals surface area (Å²) < 4.78 is 15.6. The Kier molecular flexibility index (Phi) is 9.68. The Morgan fingerprint density at radius 2 is 1.53 bits per heavy atom. The molecule has 1 unspecified atom stereocenters. The zero-order chi connectivity index (χ0) is 13.1. The number of ether oxygens (including phenoxy) is 3. The summed E-state index contributed by atoms with van der Waals surface area (Å²) >= 11 is 0. The molecule has 0 amide bonds. The standard InChI is InChI=1S/C12H28N2O3/c1-5-12(10-13,11-17-4)14(6-8-15-2)7-9-16-3/h5-11,13H2,1-4H3. The summed E-state index contributed by atoms with van der Waals surface area (Å²) in [4.78, 5) is 2.31. The summed E-state index contributed by atoms with van der Waals surface area (Å²) in [7, 11) is 5.13. The van der Waals surface area contributed by atoms with Gasteiger partial charge in [-0.2, -0.15) is 0 Å². The molecule has 2 N–H and O–H groups in total. The van der Waals surface area contributed by atoms with Crippen LogP contribution in [0.5, 0.6) is 0 Å². The quantitative estimate of drug-likeness (QED) is 0.571. The Morgan fingerprint density at radius 1 is 1.00 bits per heavy atom. The van der Waals surface area contributed by atoms with Crippen LogP contribution in [0.4, 0.5) is 0 Å². The molecule has 104 valence electrons. The van der Waals surface area contributed by atoms with Crippen LogP contribution in [-0.4, -0.2) is 71.2 Å². The molecule has 0 aliphatic rings. The second-order valence-electron chi connectivity index (χ2n) is 4.19. The van der Waals surface area contributed by atoms with Crippen LogP contribution < -0.4 is 5.73 Å². The molecule has 0 aromatic rings. The van der Waals surface area contributed by atoms with Crippen molar-refractivity contribution >= 4 is 0 Å². The molecule has 0 aliphatic carbocycles. The lowest BCUT2D eigenvalue weighted by molar-refractivity contribution is -0.0128. The van der Waals surface area contributed by atoms with Crippen LogP contribution in [0.2, 0.25) is 0 Å². The van der Waals surface area contributed by atoms with Gasteiger partial charge < -0.3 is 19.9 Å². The average molecular weight is 248 g/mol. The fourth-order valence-corrected chi connectivity index (χ4v) is 2.01. The Bertz CT molecular complexity index is 167. The molecule has 0 aliphatic heterocycles. The predicted octanol–water partition coefficient (Wildman–Crippen LogP) is 0.335. The second-order valence-corrected chi connectivity index (χ2v) is 4.19. The summed E-state index contributed by atoms with van der Waals surface area (Å²) in [6, 6.07) is 0. The minimum atomic E-state index is -0.119. The first-order chi connectivity index (χ1) is 8.20. The van der Waals surface area contributed by atoms with E-state index in [4.69, 9.17) is 19.9 Å². The van der Waals surface area contributed by atoms with E-state index in [0.717, 1.165) is 19.5 Å². The van der Waals surface area contributed by atoms with Crippen LogP contribution in [-0.2, 0) is 14.2 Å². The molecule has 0 radical (unpaired) electrons. The van der Waals surface area contributed by atoms with Crippen LogP contribution >= 0.6 is 0 Å². The third-order valence-corrected chi connectivity index (χ3v) is 3.25. The van der Waals surface area contributed by atoms with Gasteiger partial charge in [0.15, 0.2) is 0 Å². The zero-order valence-corrected chi connectivity index (χ0v) is 11.7. The van der Waals surface area contributed by atoms with E-state index in [1.54, 1.807) is 21.3 Å². The minimum Gasteiger partial charge on any atom is -0.383 e. The van der Waals surface area contributed by atoms with E-state index in [0.29, 0.717) is 26.4 Å². The van der Waals surface area contributed by atoms with Crippen LogP contribution in [0.1, 0.15) is 13.3 Å². The van der Waals surface area contributed by atoms with Crippen molar-refractivity contribution in [1.82, 2.24) is 4.90 Å². The lowest BCUT2D eigenvalue weighted by Crippen LogP contribution is -2.58. The zero-order valence-electron chi connectivity index (χ0n) is 11.7. The van der Waals surface area contributed by atoms with Crippen molar-refractivity contribution in [3.05, 3.63) is 0 Å². The molecule has 17 heavy (non-hydrogen) atoms. The van der Waals surface area contributed by atoms with Gasteiger partial charge in [0, 0.05) is 41.0 Å². The van der Waals surface area contributed by atoms with E-state index < -0.39 is 0 Å². The summed E-state index contributed by atoms with van der Waals surface area (Å²) in [6.45, 7) is 6.41. The van der Waals surface area contributed by atoms with E-state index in [1.807, 2.05) is 0 Å². The van der Waals surface area contributed by atoms with Crippen molar-refractivity contribution < 1.29 is 14.2 Å². The first kappa shape index (κ1) is 16.8. The lowest BCUT2D eigenvalue weighted by Gasteiger charge is -2.42. The van der Waals surface area contributed by atoms with Crippen molar-refractivity contribution in [2.45, 2.75) is 18.9 Å². The van der Waals surface area contributed by atoms with Crippen molar-refractivity contribution in [3.8, 4) is 0 Å². The predicted molar refractivity (Wildman–Crippen MR) is 69.3 cm³/mol. The maximum atomic E-state index is 5.95. The molecule has 5 nitrogen and oxygen atoms in total. The van der Waals surface area contributed by atoms with E-state index in [9.17, 15) is 0 Å². The third kappa shape index (κ3) is 5.31. The van der Waals surface area contributed by atoms with Gasteiger partial charge in [0.2, 0.25) is 0 Å². The number of rotatable bonds is 11. The Morgan fingerprint density at radius 3 is 1.82 bits per heavy atom. The normalized spacial score (nSPS) is 15.2. The van der Waals surface area contributed by atoms with Crippen LogP contribution in [0.3, 0.4) is 0 Å². The molecule has 1 atom stereocenters. The highest BCUT2D eigenvalue weighted by Crippen LogP contribution is 2.19. The maximum Gasteiger partial charge on any atom is 0.0658 e. The molecule has 0 spiro atoms. The van der Waals surface area contributed by atoms with Gasteiger partial charge in [-0.1, -0.05) is 6.92 Å². The number of nitrogens with zero attached hydrogens (tertiary/aromatic N) is 1. The van der Waals surface area contributed by atoms with E-state index in [-0.39, 0.29) is 5.54 Å². The molecule has 0 heterocycles. The highest BCUT2D eigenvalue weighted by atomic mass is 16.5. The number of hydrogen-bond acceptors (Lipinski definition) is 5. The summed E-state index contributed by atoms with van der Waals surface area (Å²) in [5.41, 5.74) is 5.83. The first-order valence-corrected chi connectivity index (χ1v) is 6.12. The molecule has 0 aromatic heterocycles. The molecular formula is C12H28N2O3. The van der Waals surface area contributed by atoms with Gasteiger partial charge in [-0.25, -0.2) is 0 Å². The molecule has 0 bridgehead atoms. The molecule has 0 aromatic carbocycles. The molecular weight excluding hydrogens is 220 g/mol. The SMILES string of the molecule is CCC(CN)(COC)N(CCOC)CCOC. The van der Waals surface area contributed by atoms with Crippen molar-refractivity contribution in [1.29, 1.82) is 0 Å². The van der Waals surface area contributed by atoms with Crippen LogP contribution in [0.25, 0.3) is 0 Å². The fraction of sp³-hybridized carbons (Fsp3) is 1.00. The molecule has 5 heteroatoms. The number of hydrogen-bond donors (Lipinski definition) is 1. The Hall–Kier alpha value is -0.200. The van der Waals surface area contributed by atoms with Gasteiger partial charge in [-0.3, -0.25) is 4.90 Å². The fourth-order valence-electron chi connectivity index (χ4n) is 2.01. The smallest absolute Gasteiger partial charge is 0.0658 e. The topological polar surface area (TPSA) is 57.0 Å². The van der Waals surface area contributed by atoms with E-state index in [2.05, 4.69) is 11.8 Å². The first-order valence-electron chi connectivity index (χ1n) is 6.12. The van der Waals surface area contributed by atoms with Gasteiger partial charge in [0.1, 0.15) is 0 Å². The van der Waals surface area contributed by atoms with E-state index in [1.165, 1.54) is 0 Å².